The van der Waals surface area contributed by atoms with Crippen molar-refractivity contribution >= 4 is 23.3 Å². The van der Waals surface area contributed by atoms with Crippen LogP contribution in [0.25, 0.3) is 0 Å². The molecule has 0 saturated carbocycles. The number of carbonyl (C=O) groups is 2. The van der Waals surface area contributed by atoms with Crippen LogP contribution < -0.4 is 0 Å². The molecule has 2 aromatic rings. The van der Waals surface area contributed by atoms with Gasteiger partial charge in [0, 0.05) is 41.6 Å². The van der Waals surface area contributed by atoms with Crippen molar-refractivity contribution in [3.8, 4) is 11.8 Å². The Morgan fingerprint density at radius 1 is 1.18 bits per heavy atom. The van der Waals surface area contributed by atoms with Crippen molar-refractivity contribution in [1.82, 2.24) is 4.57 Å². The highest BCUT2D eigenvalue weighted by Crippen LogP contribution is 2.41. The third-order valence-electron chi connectivity index (χ3n) is 5.43. The van der Waals surface area contributed by atoms with E-state index in [-0.39, 0.29) is 36.2 Å². The molecule has 1 aliphatic heterocycles. The van der Waals surface area contributed by atoms with E-state index in [4.69, 9.17) is 9.47 Å². The van der Waals surface area contributed by atoms with Crippen LogP contribution >= 0.6 is 0 Å². The molecule has 2 N–H and O–H groups in total. The highest BCUT2D eigenvalue weighted by Gasteiger charge is 2.42. The lowest BCUT2D eigenvalue weighted by molar-refractivity contribution is -0.384. The largest absolute Gasteiger partial charge is 0.494 e. The van der Waals surface area contributed by atoms with Crippen LogP contribution in [-0.2, 0) is 25.6 Å². The monoisotopic (exact) mass is 457 g/mol. The number of benzene rings is 1. The minimum atomic E-state index is -0.985. The number of esters is 2. The summed E-state index contributed by atoms with van der Waals surface area (Å²) >= 11 is 0. The number of methoxy groups -OCH3 is 1. The molecule has 2 unspecified atom stereocenters. The molecule has 0 fully saturated rings. The Morgan fingerprint density at radius 2 is 1.85 bits per heavy atom. The quantitative estimate of drug-likeness (QED) is 0.365. The molecule has 3 rings (SSSR count). The highest BCUT2D eigenvalue weighted by molar-refractivity contribution is 6.07. The standard InChI is InChI=1S/C22H23N3O8/c1-12-18(21(28)32-3)20(14-5-4-6-15(11-14)25(30)31)19(13(2)23-12)22(29)33-10-9-24-16(26)7-8-17(24)27/h4-8,11,18,20,26-27H,9-10H2,1-3H3. The summed E-state index contributed by atoms with van der Waals surface area (Å²) < 4.78 is 11.4. The van der Waals surface area contributed by atoms with E-state index in [1.54, 1.807) is 19.9 Å². The maximum atomic E-state index is 13.1. The molecule has 33 heavy (non-hydrogen) atoms. The lowest BCUT2D eigenvalue weighted by Crippen LogP contribution is -2.36. The first-order chi connectivity index (χ1) is 15.6. The summed E-state index contributed by atoms with van der Waals surface area (Å²) in [5, 5.41) is 30.8. The Labute approximate surface area is 188 Å². The average Bonchev–Trinajstić information content (AvgIpc) is 3.10. The fourth-order valence-corrected chi connectivity index (χ4v) is 3.91. The van der Waals surface area contributed by atoms with Gasteiger partial charge in [-0.3, -0.25) is 24.5 Å². The lowest BCUT2D eigenvalue weighted by Gasteiger charge is -2.31. The molecule has 11 heteroatoms. The first kappa shape index (κ1) is 23.5. The number of rotatable bonds is 7. The summed E-state index contributed by atoms with van der Waals surface area (Å²) in [6.07, 6.45) is 0. The van der Waals surface area contributed by atoms with Crippen LogP contribution in [0, 0.1) is 16.0 Å². The normalized spacial score (nSPS) is 18.0. The van der Waals surface area contributed by atoms with Gasteiger partial charge in [0.2, 0.25) is 0 Å². The number of allylic oxidation sites excluding steroid dienone is 1. The Morgan fingerprint density at radius 3 is 2.45 bits per heavy atom. The predicted octanol–water partition coefficient (Wildman–Crippen LogP) is 2.67. The fraction of sp³-hybridized carbons (Fsp3) is 0.318. The molecular weight excluding hydrogens is 434 g/mol. The predicted molar refractivity (Wildman–Crippen MR) is 116 cm³/mol. The zero-order valence-electron chi connectivity index (χ0n) is 18.2. The number of nitro benzene ring substituents is 1. The average molecular weight is 457 g/mol. The van der Waals surface area contributed by atoms with Crippen molar-refractivity contribution < 1.29 is 34.2 Å². The van der Waals surface area contributed by atoms with Crippen molar-refractivity contribution in [2.75, 3.05) is 13.7 Å². The summed E-state index contributed by atoms with van der Waals surface area (Å²) in [5.41, 5.74) is 0.939. The van der Waals surface area contributed by atoms with Crippen LogP contribution in [0.2, 0.25) is 0 Å². The van der Waals surface area contributed by atoms with Crippen LogP contribution in [0.1, 0.15) is 25.3 Å². The number of hydrogen-bond donors (Lipinski definition) is 2. The van der Waals surface area contributed by atoms with E-state index in [0.29, 0.717) is 17.0 Å². The minimum absolute atomic E-state index is 0.0209. The Kier molecular flexibility index (Phi) is 6.80. The molecule has 0 radical (unpaired) electrons. The van der Waals surface area contributed by atoms with Crippen molar-refractivity contribution in [3.05, 3.63) is 63.3 Å². The minimum Gasteiger partial charge on any atom is -0.494 e. The second kappa shape index (κ2) is 9.55. The highest BCUT2D eigenvalue weighted by atomic mass is 16.6. The number of aromatic nitrogens is 1. The maximum Gasteiger partial charge on any atom is 0.336 e. The molecule has 0 bridgehead atoms. The smallest absolute Gasteiger partial charge is 0.336 e. The molecule has 0 amide bonds. The van der Waals surface area contributed by atoms with Crippen molar-refractivity contribution in [2.24, 2.45) is 10.9 Å². The summed E-state index contributed by atoms with van der Waals surface area (Å²) in [6, 6.07) is 8.26. The molecule has 174 valence electrons. The molecule has 0 saturated heterocycles. The van der Waals surface area contributed by atoms with E-state index in [0.717, 1.165) is 4.57 Å². The molecule has 0 aliphatic carbocycles. The lowest BCUT2D eigenvalue weighted by atomic mass is 9.75. The van der Waals surface area contributed by atoms with Crippen molar-refractivity contribution in [3.63, 3.8) is 0 Å². The van der Waals surface area contributed by atoms with Crippen LogP contribution in [0.5, 0.6) is 11.8 Å². The molecule has 2 heterocycles. The third-order valence-corrected chi connectivity index (χ3v) is 5.43. The number of ether oxygens (including phenoxy) is 2. The first-order valence-electron chi connectivity index (χ1n) is 9.98. The van der Waals surface area contributed by atoms with Gasteiger partial charge in [0.05, 0.1) is 24.2 Å². The van der Waals surface area contributed by atoms with Gasteiger partial charge in [-0.15, -0.1) is 0 Å². The third kappa shape index (κ3) is 4.71. The number of aliphatic imine (C=N–C) groups is 1. The van der Waals surface area contributed by atoms with Crippen LogP contribution in [0.15, 0.2) is 52.7 Å². The van der Waals surface area contributed by atoms with Gasteiger partial charge in [-0.2, -0.15) is 0 Å². The Balaban J connectivity index is 1.97. The molecule has 2 atom stereocenters. The topological polar surface area (TPSA) is 153 Å². The summed E-state index contributed by atoms with van der Waals surface area (Å²) in [6.45, 7) is 2.99. The summed E-state index contributed by atoms with van der Waals surface area (Å²) in [5.74, 6) is -3.72. The van der Waals surface area contributed by atoms with Gasteiger partial charge in [0.25, 0.3) is 5.69 Å². The number of aromatic hydroxyl groups is 2. The molecule has 11 nitrogen and oxygen atoms in total. The number of nitro groups is 1. The molecule has 1 aromatic heterocycles. The van der Waals surface area contributed by atoms with Gasteiger partial charge in [-0.1, -0.05) is 12.1 Å². The zero-order chi connectivity index (χ0) is 24.3. The molecule has 1 aromatic carbocycles. The van der Waals surface area contributed by atoms with Crippen LogP contribution in [-0.4, -0.2) is 51.1 Å². The summed E-state index contributed by atoms with van der Waals surface area (Å²) in [4.78, 5) is 40.8. The Bertz CT molecular complexity index is 1140. The van der Waals surface area contributed by atoms with Gasteiger partial charge in [0.15, 0.2) is 11.8 Å². The van der Waals surface area contributed by atoms with Crippen LogP contribution in [0.3, 0.4) is 0 Å². The van der Waals surface area contributed by atoms with Gasteiger partial charge in [0.1, 0.15) is 12.5 Å². The SMILES string of the molecule is COC(=O)C1C(C)=NC(C)=C(C(=O)OCCn2c(O)ccc2O)C1c1cccc([N+](=O)[O-])c1. The zero-order valence-corrected chi connectivity index (χ0v) is 18.2. The fourth-order valence-electron chi connectivity index (χ4n) is 3.91. The van der Waals surface area contributed by atoms with E-state index in [1.165, 1.54) is 37.4 Å². The van der Waals surface area contributed by atoms with E-state index in [2.05, 4.69) is 4.99 Å². The number of nitrogens with zero attached hydrogens (tertiary/aromatic N) is 3. The van der Waals surface area contributed by atoms with Gasteiger partial charge >= 0.3 is 11.9 Å². The number of carbonyl (C=O) groups excluding carboxylic acids is 2. The van der Waals surface area contributed by atoms with Gasteiger partial charge < -0.3 is 19.7 Å². The molecule has 1 aliphatic rings. The van der Waals surface area contributed by atoms with E-state index in [9.17, 15) is 29.9 Å². The number of non-ortho nitro benzene ring substituents is 1. The molecular formula is C22H23N3O8. The number of hydrogen-bond acceptors (Lipinski definition) is 9. The van der Waals surface area contributed by atoms with Crippen molar-refractivity contribution in [1.29, 1.82) is 0 Å². The van der Waals surface area contributed by atoms with Crippen LogP contribution in [0.4, 0.5) is 5.69 Å². The Hall–Kier alpha value is -4.15. The van der Waals surface area contributed by atoms with Gasteiger partial charge in [-0.25, -0.2) is 4.79 Å². The molecule has 0 spiro atoms. The van der Waals surface area contributed by atoms with E-state index in [1.807, 2.05) is 0 Å². The maximum absolute atomic E-state index is 13.1. The second-order valence-corrected chi connectivity index (χ2v) is 7.42. The first-order valence-corrected chi connectivity index (χ1v) is 9.98. The van der Waals surface area contributed by atoms with Crippen molar-refractivity contribution in [2.45, 2.75) is 26.3 Å². The second-order valence-electron chi connectivity index (χ2n) is 7.42. The van der Waals surface area contributed by atoms with E-state index < -0.39 is 28.7 Å². The summed E-state index contributed by atoms with van der Waals surface area (Å²) in [7, 11) is 1.21. The van der Waals surface area contributed by atoms with E-state index >= 15 is 0 Å². The van der Waals surface area contributed by atoms with Gasteiger partial charge in [-0.05, 0) is 19.4 Å².